The summed E-state index contributed by atoms with van der Waals surface area (Å²) in [6.07, 6.45) is 0. The van der Waals surface area contributed by atoms with Gasteiger partial charge in [0.15, 0.2) is 0 Å². The summed E-state index contributed by atoms with van der Waals surface area (Å²) in [6.45, 7) is 0.544. The second-order valence-corrected chi connectivity index (χ2v) is 3.34. The smallest absolute Gasteiger partial charge is 0.137 e. The standard InChI is InChI=1S/C10H11ClN2/c1-13(8-9(11)7-12)10-5-3-2-4-6-10/h2-6,9H,8H2,1H3. The van der Waals surface area contributed by atoms with Gasteiger partial charge in [-0.1, -0.05) is 18.2 Å². The minimum absolute atomic E-state index is 0.454. The van der Waals surface area contributed by atoms with Crippen LogP contribution in [0.15, 0.2) is 30.3 Å². The number of benzene rings is 1. The fraction of sp³-hybridized carbons (Fsp3) is 0.300. The SMILES string of the molecule is CN(CC(Cl)C#N)c1ccccc1. The van der Waals surface area contributed by atoms with Crippen molar-refractivity contribution < 1.29 is 0 Å². The molecule has 13 heavy (non-hydrogen) atoms. The first-order chi connectivity index (χ1) is 6.24. The van der Waals surface area contributed by atoms with Gasteiger partial charge in [0.25, 0.3) is 0 Å². The molecule has 0 saturated heterocycles. The topological polar surface area (TPSA) is 27.0 Å². The maximum Gasteiger partial charge on any atom is 0.137 e. The van der Waals surface area contributed by atoms with Crippen LogP contribution in [-0.4, -0.2) is 19.0 Å². The fourth-order valence-electron chi connectivity index (χ4n) is 1.07. The molecule has 68 valence electrons. The molecule has 2 nitrogen and oxygen atoms in total. The van der Waals surface area contributed by atoms with E-state index in [0.29, 0.717) is 6.54 Å². The summed E-state index contributed by atoms with van der Waals surface area (Å²) in [5.74, 6) is 0. The first kappa shape index (κ1) is 9.88. The molecule has 0 aliphatic carbocycles. The summed E-state index contributed by atoms with van der Waals surface area (Å²) in [5.41, 5.74) is 1.07. The lowest BCUT2D eigenvalue weighted by atomic mass is 10.3. The molecule has 0 aromatic heterocycles. The third-order valence-electron chi connectivity index (χ3n) is 1.77. The van der Waals surface area contributed by atoms with Crippen molar-refractivity contribution in [3.05, 3.63) is 30.3 Å². The van der Waals surface area contributed by atoms with Crippen molar-refractivity contribution in [2.24, 2.45) is 0 Å². The average molecular weight is 195 g/mol. The predicted molar refractivity (Wildman–Crippen MR) is 55.0 cm³/mol. The zero-order chi connectivity index (χ0) is 9.68. The fourth-order valence-corrected chi connectivity index (χ4v) is 1.28. The minimum Gasteiger partial charge on any atom is -0.372 e. The molecule has 0 aliphatic heterocycles. The van der Waals surface area contributed by atoms with Crippen molar-refractivity contribution in [3.63, 3.8) is 0 Å². The van der Waals surface area contributed by atoms with Gasteiger partial charge in [0.2, 0.25) is 0 Å². The Morgan fingerprint density at radius 1 is 1.46 bits per heavy atom. The van der Waals surface area contributed by atoms with E-state index in [1.54, 1.807) is 0 Å². The molecular weight excluding hydrogens is 184 g/mol. The molecule has 0 heterocycles. The first-order valence-corrected chi connectivity index (χ1v) is 4.47. The summed E-state index contributed by atoms with van der Waals surface area (Å²) in [5, 5.41) is 8.07. The van der Waals surface area contributed by atoms with Crippen LogP contribution in [0.1, 0.15) is 0 Å². The van der Waals surface area contributed by atoms with Gasteiger partial charge >= 0.3 is 0 Å². The van der Waals surface area contributed by atoms with Gasteiger partial charge in [0.1, 0.15) is 5.38 Å². The Morgan fingerprint density at radius 3 is 2.62 bits per heavy atom. The van der Waals surface area contributed by atoms with E-state index < -0.39 is 5.38 Å². The lowest BCUT2D eigenvalue weighted by Gasteiger charge is -2.19. The van der Waals surface area contributed by atoms with Crippen LogP contribution in [0.25, 0.3) is 0 Å². The monoisotopic (exact) mass is 194 g/mol. The van der Waals surface area contributed by atoms with Gasteiger partial charge < -0.3 is 4.90 Å². The minimum atomic E-state index is -0.454. The summed E-state index contributed by atoms with van der Waals surface area (Å²) < 4.78 is 0. The highest BCUT2D eigenvalue weighted by molar-refractivity contribution is 6.22. The number of hydrogen-bond acceptors (Lipinski definition) is 2. The van der Waals surface area contributed by atoms with Crippen LogP contribution < -0.4 is 4.90 Å². The van der Waals surface area contributed by atoms with Crippen molar-refractivity contribution in [2.45, 2.75) is 5.38 Å². The molecule has 3 heteroatoms. The van der Waals surface area contributed by atoms with Crippen LogP contribution >= 0.6 is 11.6 Å². The highest BCUT2D eigenvalue weighted by Crippen LogP contribution is 2.12. The highest BCUT2D eigenvalue weighted by atomic mass is 35.5. The molecule has 1 atom stereocenters. The molecule has 0 radical (unpaired) electrons. The van der Waals surface area contributed by atoms with Gasteiger partial charge in [-0.05, 0) is 12.1 Å². The van der Waals surface area contributed by atoms with Crippen molar-refractivity contribution in [1.82, 2.24) is 0 Å². The summed E-state index contributed by atoms with van der Waals surface area (Å²) in [4.78, 5) is 1.96. The zero-order valence-electron chi connectivity index (χ0n) is 7.44. The number of halogens is 1. The van der Waals surface area contributed by atoms with E-state index in [1.807, 2.05) is 48.3 Å². The maximum absolute atomic E-state index is 8.52. The van der Waals surface area contributed by atoms with Gasteiger partial charge in [0.05, 0.1) is 6.07 Å². The molecule has 0 spiro atoms. The van der Waals surface area contributed by atoms with Crippen LogP contribution in [0.5, 0.6) is 0 Å². The van der Waals surface area contributed by atoms with Gasteiger partial charge in [-0.15, -0.1) is 11.6 Å². The van der Waals surface area contributed by atoms with Crippen molar-refractivity contribution >= 4 is 17.3 Å². The van der Waals surface area contributed by atoms with Crippen LogP contribution in [0.2, 0.25) is 0 Å². The van der Waals surface area contributed by atoms with E-state index in [2.05, 4.69) is 0 Å². The Balaban J connectivity index is 2.60. The Bertz CT molecular complexity index is 292. The normalized spacial score (nSPS) is 11.8. The van der Waals surface area contributed by atoms with Crippen LogP contribution in [0, 0.1) is 11.3 Å². The maximum atomic E-state index is 8.52. The number of hydrogen-bond donors (Lipinski definition) is 0. The van der Waals surface area contributed by atoms with E-state index >= 15 is 0 Å². The molecular formula is C10H11ClN2. The van der Waals surface area contributed by atoms with E-state index in [9.17, 15) is 0 Å². The Labute approximate surface area is 83.3 Å². The van der Waals surface area contributed by atoms with Gasteiger partial charge in [-0.2, -0.15) is 5.26 Å². The number of para-hydroxylation sites is 1. The van der Waals surface area contributed by atoms with E-state index in [1.165, 1.54) is 0 Å². The van der Waals surface area contributed by atoms with E-state index in [-0.39, 0.29) is 0 Å². The third-order valence-corrected chi connectivity index (χ3v) is 2.01. The Morgan fingerprint density at radius 2 is 2.08 bits per heavy atom. The average Bonchev–Trinajstić information content (AvgIpc) is 2.19. The van der Waals surface area contributed by atoms with Crippen LogP contribution in [0.3, 0.4) is 0 Å². The molecule has 1 aromatic rings. The Kier molecular flexibility index (Phi) is 3.60. The number of rotatable bonds is 3. The van der Waals surface area contributed by atoms with Crippen molar-refractivity contribution in [2.75, 3.05) is 18.5 Å². The quantitative estimate of drug-likeness (QED) is 0.691. The molecule has 0 fully saturated rings. The van der Waals surface area contributed by atoms with Gasteiger partial charge in [-0.25, -0.2) is 0 Å². The van der Waals surface area contributed by atoms with E-state index in [4.69, 9.17) is 16.9 Å². The van der Waals surface area contributed by atoms with Gasteiger partial charge in [0, 0.05) is 19.3 Å². The molecule has 0 aliphatic rings. The zero-order valence-corrected chi connectivity index (χ0v) is 8.20. The molecule has 0 N–H and O–H groups in total. The lowest BCUT2D eigenvalue weighted by molar-refractivity contribution is 0.910. The van der Waals surface area contributed by atoms with Crippen molar-refractivity contribution in [1.29, 1.82) is 5.26 Å². The number of nitrogens with zero attached hydrogens (tertiary/aromatic N) is 2. The summed E-state index contributed by atoms with van der Waals surface area (Å²) in [7, 11) is 1.92. The third kappa shape index (κ3) is 2.96. The predicted octanol–water partition coefficient (Wildman–Crippen LogP) is 2.25. The summed E-state index contributed by atoms with van der Waals surface area (Å²) >= 11 is 5.71. The number of alkyl halides is 1. The first-order valence-electron chi connectivity index (χ1n) is 4.04. The summed E-state index contributed by atoms with van der Waals surface area (Å²) in [6, 6.07) is 11.8. The molecule has 0 saturated carbocycles. The van der Waals surface area contributed by atoms with Crippen molar-refractivity contribution in [3.8, 4) is 6.07 Å². The molecule has 1 aromatic carbocycles. The number of anilines is 1. The van der Waals surface area contributed by atoms with Gasteiger partial charge in [-0.3, -0.25) is 0 Å². The largest absolute Gasteiger partial charge is 0.372 e. The van der Waals surface area contributed by atoms with E-state index in [0.717, 1.165) is 5.69 Å². The molecule has 0 bridgehead atoms. The Hall–Kier alpha value is -1.20. The highest BCUT2D eigenvalue weighted by Gasteiger charge is 2.06. The van der Waals surface area contributed by atoms with Crippen LogP contribution in [0.4, 0.5) is 5.69 Å². The number of nitriles is 1. The lowest BCUT2D eigenvalue weighted by Crippen LogP contribution is -2.24. The van der Waals surface area contributed by atoms with Crippen LogP contribution in [-0.2, 0) is 0 Å². The molecule has 1 unspecified atom stereocenters. The molecule has 0 amide bonds. The second-order valence-electron chi connectivity index (χ2n) is 2.81. The second kappa shape index (κ2) is 4.74. The molecule has 1 rings (SSSR count).